The highest BCUT2D eigenvalue weighted by Gasteiger charge is 2.63. The molecule has 0 atom stereocenters. The van der Waals surface area contributed by atoms with E-state index in [1.165, 1.54) is 44.9 Å². The minimum Gasteiger partial charge on any atom is -0.351 e. The summed E-state index contributed by atoms with van der Waals surface area (Å²) in [6, 6.07) is 0. The summed E-state index contributed by atoms with van der Waals surface area (Å²) in [7, 11) is 0. The molecule has 0 fully saturated rings. The Labute approximate surface area is 141 Å². The first-order chi connectivity index (χ1) is 11.2. The second-order valence-electron chi connectivity index (χ2n) is 6.22. The molecule has 0 saturated carbocycles. The first-order valence-corrected chi connectivity index (χ1v) is 8.96. The number of amides is 1. The van der Waals surface area contributed by atoms with E-state index in [0.717, 1.165) is 19.3 Å². The van der Waals surface area contributed by atoms with E-state index in [1.54, 1.807) is 5.32 Å². The van der Waals surface area contributed by atoms with Crippen molar-refractivity contribution in [2.75, 3.05) is 6.54 Å². The molecule has 0 spiro atoms. The third-order valence-electron chi connectivity index (χ3n) is 3.96. The lowest BCUT2D eigenvalue weighted by Crippen LogP contribution is -2.50. The van der Waals surface area contributed by atoms with Gasteiger partial charge in [-0.05, 0) is 6.42 Å². The lowest BCUT2D eigenvalue weighted by Gasteiger charge is -2.18. The summed E-state index contributed by atoms with van der Waals surface area (Å²) in [5, 5.41) is 1.66. The lowest BCUT2D eigenvalue weighted by molar-refractivity contribution is -0.269. The number of carbonyl (C=O) groups excluding carboxylic acids is 1. The van der Waals surface area contributed by atoms with Gasteiger partial charge in [0.15, 0.2) is 0 Å². The molecule has 0 aliphatic rings. The number of hydrogen-bond donors (Lipinski definition) is 1. The van der Waals surface area contributed by atoms with Crippen LogP contribution >= 0.6 is 0 Å². The maximum absolute atomic E-state index is 12.6. The number of halogens is 5. The summed E-state index contributed by atoms with van der Waals surface area (Å²) in [5.74, 6) is -7.58. The van der Waals surface area contributed by atoms with Gasteiger partial charge < -0.3 is 5.32 Å². The summed E-state index contributed by atoms with van der Waals surface area (Å²) in [6.45, 7) is 2.04. The number of hydrogen-bond acceptors (Lipinski definition) is 1. The van der Waals surface area contributed by atoms with Crippen LogP contribution in [-0.2, 0) is 4.79 Å². The average Bonchev–Trinajstić information content (AvgIpc) is 2.50. The lowest BCUT2D eigenvalue weighted by atomic mass is 10.1. The Kier molecular flexibility index (Phi) is 12.0. The highest BCUT2D eigenvalue weighted by molar-refractivity contribution is 5.84. The molecule has 0 radical (unpaired) electrons. The van der Waals surface area contributed by atoms with Gasteiger partial charge in [-0.1, -0.05) is 77.6 Å². The molecule has 0 aliphatic carbocycles. The van der Waals surface area contributed by atoms with Crippen molar-refractivity contribution in [2.24, 2.45) is 0 Å². The Bertz CT molecular complexity index is 331. The van der Waals surface area contributed by atoms with Crippen molar-refractivity contribution in [2.45, 2.75) is 96.1 Å². The van der Waals surface area contributed by atoms with Crippen LogP contribution < -0.4 is 5.32 Å². The van der Waals surface area contributed by atoms with E-state index in [9.17, 15) is 26.7 Å². The summed E-state index contributed by atoms with van der Waals surface area (Å²) >= 11 is 0. The maximum atomic E-state index is 12.6. The van der Waals surface area contributed by atoms with Crippen LogP contribution in [0.4, 0.5) is 22.0 Å². The van der Waals surface area contributed by atoms with Gasteiger partial charge in [0.05, 0.1) is 0 Å². The van der Waals surface area contributed by atoms with Crippen LogP contribution in [0.1, 0.15) is 84.0 Å². The van der Waals surface area contributed by atoms with E-state index in [0.29, 0.717) is 12.8 Å². The Morgan fingerprint density at radius 2 is 1.08 bits per heavy atom. The van der Waals surface area contributed by atoms with Crippen molar-refractivity contribution in [3.63, 3.8) is 0 Å². The van der Waals surface area contributed by atoms with E-state index >= 15 is 0 Å². The molecule has 144 valence electrons. The van der Waals surface area contributed by atoms with Gasteiger partial charge in [-0.15, -0.1) is 0 Å². The molecule has 0 rings (SSSR count). The first kappa shape index (κ1) is 23.1. The molecule has 0 aromatic heterocycles. The smallest absolute Gasteiger partial charge is 0.351 e. The topological polar surface area (TPSA) is 29.1 Å². The normalized spacial score (nSPS) is 12.4. The SMILES string of the molecule is CCCCCCCCCCCCCCNC(=O)C(F)(F)C(F)(F)F. The van der Waals surface area contributed by atoms with Gasteiger partial charge in [0.2, 0.25) is 0 Å². The second-order valence-corrected chi connectivity index (χ2v) is 6.22. The molecule has 24 heavy (non-hydrogen) atoms. The Hall–Kier alpha value is -0.880. The number of unbranched alkanes of at least 4 members (excludes halogenated alkanes) is 11. The van der Waals surface area contributed by atoms with Crippen molar-refractivity contribution < 1.29 is 26.7 Å². The molecular formula is C17H30F5NO. The van der Waals surface area contributed by atoms with Crippen LogP contribution in [0.15, 0.2) is 0 Å². The molecule has 0 bridgehead atoms. The van der Waals surface area contributed by atoms with Crippen LogP contribution in [0.25, 0.3) is 0 Å². The van der Waals surface area contributed by atoms with Crippen molar-refractivity contribution in [3.8, 4) is 0 Å². The van der Waals surface area contributed by atoms with Gasteiger partial charge in [-0.3, -0.25) is 4.79 Å². The predicted molar refractivity (Wildman–Crippen MR) is 85.1 cm³/mol. The van der Waals surface area contributed by atoms with Gasteiger partial charge in [-0.2, -0.15) is 22.0 Å². The standard InChI is InChI=1S/C17H30F5NO/c1-2-3-4-5-6-7-8-9-10-11-12-13-14-23-15(24)16(18,19)17(20,21)22/h2-14H2,1H3,(H,23,24). The van der Waals surface area contributed by atoms with Crippen LogP contribution in [0.2, 0.25) is 0 Å². The fourth-order valence-electron chi connectivity index (χ4n) is 2.41. The van der Waals surface area contributed by atoms with Crippen LogP contribution in [0, 0.1) is 0 Å². The largest absolute Gasteiger partial charge is 0.463 e. The third kappa shape index (κ3) is 10.1. The quantitative estimate of drug-likeness (QED) is 0.299. The number of nitrogens with one attached hydrogen (secondary N) is 1. The molecular weight excluding hydrogens is 329 g/mol. The molecule has 2 nitrogen and oxygen atoms in total. The molecule has 0 aromatic rings. The van der Waals surface area contributed by atoms with Gasteiger partial charge in [0, 0.05) is 6.54 Å². The number of carbonyl (C=O) groups is 1. The number of rotatable bonds is 14. The van der Waals surface area contributed by atoms with E-state index < -0.39 is 18.0 Å². The molecule has 7 heteroatoms. The van der Waals surface area contributed by atoms with Crippen molar-refractivity contribution in [1.29, 1.82) is 0 Å². The monoisotopic (exact) mass is 359 g/mol. The van der Waals surface area contributed by atoms with Crippen molar-refractivity contribution in [1.82, 2.24) is 5.32 Å². The molecule has 1 amide bonds. The zero-order chi connectivity index (χ0) is 18.5. The summed E-state index contributed by atoms with van der Waals surface area (Å²) < 4.78 is 61.1. The van der Waals surface area contributed by atoms with Crippen LogP contribution in [-0.4, -0.2) is 24.6 Å². The zero-order valence-corrected chi connectivity index (χ0v) is 14.5. The van der Waals surface area contributed by atoms with E-state index in [-0.39, 0.29) is 6.54 Å². The third-order valence-corrected chi connectivity index (χ3v) is 3.96. The van der Waals surface area contributed by atoms with Crippen molar-refractivity contribution >= 4 is 5.91 Å². The molecule has 0 heterocycles. The molecule has 1 N–H and O–H groups in total. The first-order valence-electron chi connectivity index (χ1n) is 8.96. The maximum Gasteiger partial charge on any atom is 0.463 e. The Morgan fingerprint density at radius 1 is 0.708 bits per heavy atom. The molecule has 0 aliphatic heterocycles. The van der Waals surface area contributed by atoms with Gasteiger partial charge in [-0.25, -0.2) is 0 Å². The predicted octanol–water partition coefficient (Wildman–Crippen LogP) is 6.00. The fourth-order valence-corrected chi connectivity index (χ4v) is 2.41. The van der Waals surface area contributed by atoms with E-state index in [1.807, 2.05) is 0 Å². The average molecular weight is 359 g/mol. The summed E-state index contributed by atoms with van der Waals surface area (Å²) in [4.78, 5) is 10.8. The van der Waals surface area contributed by atoms with Gasteiger partial charge >= 0.3 is 12.1 Å². The van der Waals surface area contributed by atoms with Crippen molar-refractivity contribution in [3.05, 3.63) is 0 Å². The Morgan fingerprint density at radius 3 is 1.46 bits per heavy atom. The van der Waals surface area contributed by atoms with E-state index in [2.05, 4.69) is 6.92 Å². The minimum absolute atomic E-state index is 0.151. The zero-order valence-electron chi connectivity index (χ0n) is 14.5. The Balaban J connectivity index is 3.44. The van der Waals surface area contributed by atoms with Gasteiger partial charge in [0.1, 0.15) is 0 Å². The molecule has 0 saturated heterocycles. The highest BCUT2D eigenvalue weighted by Crippen LogP contribution is 2.35. The fraction of sp³-hybridized carbons (Fsp3) is 0.941. The second kappa shape index (κ2) is 12.5. The van der Waals surface area contributed by atoms with E-state index in [4.69, 9.17) is 0 Å². The minimum atomic E-state index is -5.84. The summed E-state index contributed by atoms with van der Waals surface area (Å²) in [6.07, 6.45) is 7.14. The molecule has 0 unspecified atom stereocenters. The van der Waals surface area contributed by atoms with Crippen LogP contribution in [0.5, 0.6) is 0 Å². The highest BCUT2D eigenvalue weighted by atomic mass is 19.4. The van der Waals surface area contributed by atoms with Crippen LogP contribution in [0.3, 0.4) is 0 Å². The summed E-state index contributed by atoms with van der Waals surface area (Å²) in [5.41, 5.74) is 0. The number of alkyl halides is 5. The van der Waals surface area contributed by atoms with Gasteiger partial charge in [0.25, 0.3) is 5.91 Å². The molecule has 0 aromatic carbocycles.